The van der Waals surface area contributed by atoms with E-state index in [0.29, 0.717) is 12.0 Å². The fraction of sp³-hybridized carbons (Fsp3) is 0.200. The number of rotatable bonds is 3. The smallest absolute Gasteiger partial charge is 0.417 e. The van der Waals surface area contributed by atoms with E-state index >= 15 is 0 Å². The predicted octanol–water partition coefficient (Wildman–Crippen LogP) is 5.09. The van der Waals surface area contributed by atoms with Gasteiger partial charge in [-0.3, -0.25) is 4.98 Å². The van der Waals surface area contributed by atoms with Crippen LogP contribution in [0.25, 0.3) is 16.7 Å². The maximum Gasteiger partial charge on any atom is 0.417 e. The minimum absolute atomic E-state index is 0.00741. The van der Waals surface area contributed by atoms with Gasteiger partial charge in [0, 0.05) is 28.7 Å². The number of nitrogens with zero attached hydrogens (tertiary/aromatic N) is 1. The van der Waals surface area contributed by atoms with Gasteiger partial charge in [-0.1, -0.05) is 24.3 Å². The van der Waals surface area contributed by atoms with Gasteiger partial charge in [0.2, 0.25) is 0 Å². The van der Waals surface area contributed by atoms with Gasteiger partial charge in [-0.15, -0.1) is 0 Å². The summed E-state index contributed by atoms with van der Waals surface area (Å²) in [5.41, 5.74) is 1.16. The molecule has 2 heterocycles. The van der Waals surface area contributed by atoms with Crippen LogP contribution in [0.3, 0.4) is 0 Å². The van der Waals surface area contributed by atoms with E-state index in [9.17, 15) is 23.1 Å². The Kier molecular flexibility index (Phi) is 4.78. The van der Waals surface area contributed by atoms with Crippen LogP contribution >= 0.6 is 0 Å². The van der Waals surface area contributed by atoms with Gasteiger partial charge < -0.3 is 10.4 Å². The highest BCUT2D eigenvalue weighted by atomic mass is 19.4. The summed E-state index contributed by atoms with van der Waals surface area (Å²) in [7, 11) is 0. The van der Waals surface area contributed by atoms with E-state index in [2.05, 4.69) is 10.3 Å². The predicted molar refractivity (Wildman–Crippen MR) is 95.7 cm³/mol. The van der Waals surface area contributed by atoms with Gasteiger partial charge in [-0.05, 0) is 38.0 Å². The Hall–Kier alpha value is -3.09. The lowest BCUT2D eigenvalue weighted by molar-refractivity contribution is -0.137. The summed E-state index contributed by atoms with van der Waals surface area (Å²) in [4.78, 5) is 16.2. The number of nitrogens with one attached hydrogen (secondary N) is 1. The van der Waals surface area contributed by atoms with Crippen LogP contribution < -0.4 is 5.32 Å². The maximum absolute atomic E-state index is 13.4. The van der Waals surface area contributed by atoms with Crippen LogP contribution in [-0.4, -0.2) is 16.1 Å². The lowest BCUT2D eigenvalue weighted by Crippen LogP contribution is -2.17. The molecular formula is C20H17F3N2O2. The van der Waals surface area contributed by atoms with Crippen molar-refractivity contribution in [3.8, 4) is 11.1 Å². The number of alkyl halides is 3. The van der Waals surface area contributed by atoms with Crippen LogP contribution in [0.5, 0.6) is 0 Å². The number of carboxylic acids is 1. The van der Waals surface area contributed by atoms with Crippen LogP contribution in [0.2, 0.25) is 0 Å². The van der Waals surface area contributed by atoms with Crippen LogP contribution in [-0.2, 0) is 6.18 Å². The molecule has 140 valence electrons. The van der Waals surface area contributed by atoms with Crippen LogP contribution in [0.1, 0.15) is 41.9 Å². The molecule has 0 unspecified atom stereocenters. The zero-order valence-corrected chi connectivity index (χ0v) is 14.7. The number of aromatic nitrogens is 1. The molecule has 0 bridgehead atoms. The zero-order valence-electron chi connectivity index (χ0n) is 14.7. The van der Waals surface area contributed by atoms with Crippen molar-refractivity contribution in [3.05, 3.63) is 70.8 Å². The molecule has 0 spiro atoms. The quantitative estimate of drug-likeness (QED) is 0.785. The first kappa shape index (κ1) is 18.7. The maximum atomic E-state index is 13.4. The van der Waals surface area contributed by atoms with Gasteiger partial charge in [0.1, 0.15) is 0 Å². The molecule has 2 N–H and O–H groups in total. The number of carboxylic acid groups (broad SMARTS) is 1. The van der Waals surface area contributed by atoms with E-state index in [1.54, 1.807) is 6.92 Å². The molecule has 4 nitrogen and oxygen atoms in total. The fourth-order valence-electron chi connectivity index (χ4n) is 3.20. The average molecular weight is 374 g/mol. The molecule has 0 atom stereocenters. The summed E-state index contributed by atoms with van der Waals surface area (Å²) in [6.07, 6.45) is -0.929. The number of halogens is 3. The first-order valence-corrected chi connectivity index (χ1v) is 8.23. The first-order valence-electron chi connectivity index (χ1n) is 8.23. The van der Waals surface area contributed by atoms with E-state index in [1.807, 2.05) is 13.0 Å². The van der Waals surface area contributed by atoms with Crippen LogP contribution in [0, 0.1) is 0 Å². The van der Waals surface area contributed by atoms with Crippen molar-refractivity contribution in [3.63, 3.8) is 0 Å². The number of carbonyl (C=O) groups is 1. The van der Waals surface area contributed by atoms with Gasteiger partial charge in [-0.25, -0.2) is 4.79 Å². The Morgan fingerprint density at radius 2 is 1.85 bits per heavy atom. The molecule has 2 aromatic rings. The van der Waals surface area contributed by atoms with E-state index < -0.39 is 17.7 Å². The average Bonchev–Trinajstić information content (AvgIpc) is 2.60. The van der Waals surface area contributed by atoms with Gasteiger partial charge in [-0.2, -0.15) is 13.2 Å². The molecule has 0 saturated carbocycles. The first-order chi connectivity index (χ1) is 12.7. The number of hydrogen-bond acceptors (Lipinski definition) is 3. The Morgan fingerprint density at radius 1 is 1.15 bits per heavy atom. The summed E-state index contributed by atoms with van der Waals surface area (Å²) < 4.78 is 40.3. The monoisotopic (exact) mass is 374 g/mol. The van der Waals surface area contributed by atoms with Crippen LogP contribution in [0.15, 0.2) is 54.0 Å². The molecular weight excluding hydrogens is 357 g/mol. The Bertz CT molecular complexity index is 975. The summed E-state index contributed by atoms with van der Waals surface area (Å²) >= 11 is 0. The van der Waals surface area contributed by atoms with E-state index in [-0.39, 0.29) is 22.4 Å². The highest BCUT2D eigenvalue weighted by Crippen LogP contribution is 2.40. The standard InChI is InChI=1S/C20H17F3N2O2/c1-11-7-8-13(12(2)25-11)18-17(19(26)27)15(9-10-24-18)14-5-3-4-6-16(14)20(21,22)23/h3-7,9-10,25H,8H2,1-2H3,(H,26,27). The van der Waals surface area contributed by atoms with Crippen molar-refractivity contribution in [2.75, 3.05) is 0 Å². The molecule has 0 amide bonds. The largest absolute Gasteiger partial charge is 0.478 e. The van der Waals surface area contributed by atoms with E-state index in [1.165, 1.54) is 30.5 Å². The fourth-order valence-corrected chi connectivity index (χ4v) is 3.20. The molecule has 1 aliphatic heterocycles. The van der Waals surface area contributed by atoms with Crippen molar-refractivity contribution in [2.24, 2.45) is 0 Å². The summed E-state index contributed by atoms with van der Waals surface area (Å²) in [6, 6.07) is 6.26. The lowest BCUT2D eigenvalue weighted by atomic mass is 9.91. The van der Waals surface area contributed by atoms with E-state index in [0.717, 1.165) is 17.5 Å². The molecule has 1 aromatic heterocycles. The third-order valence-electron chi connectivity index (χ3n) is 4.42. The number of hydrogen-bond donors (Lipinski definition) is 2. The highest BCUT2D eigenvalue weighted by Gasteiger charge is 2.35. The van der Waals surface area contributed by atoms with Gasteiger partial charge in [0.05, 0.1) is 16.8 Å². The van der Waals surface area contributed by atoms with Gasteiger partial charge in [0.25, 0.3) is 0 Å². The number of benzene rings is 1. The topological polar surface area (TPSA) is 62.2 Å². The molecule has 0 aliphatic carbocycles. The van der Waals surface area contributed by atoms with Crippen molar-refractivity contribution in [2.45, 2.75) is 26.4 Å². The highest BCUT2D eigenvalue weighted by molar-refractivity contribution is 6.01. The molecule has 0 fully saturated rings. The molecule has 0 radical (unpaired) electrons. The minimum atomic E-state index is -4.60. The second kappa shape index (κ2) is 6.90. The summed E-state index contributed by atoms with van der Waals surface area (Å²) in [6.45, 7) is 3.66. The Labute approximate surface area is 154 Å². The second-order valence-electron chi connectivity index (χ2n) is 6.25. The Balaban J connectivity index is 2.27. The van der Waals surface area contributed by atoms with Gasteiger partial charge >= 0.3 is 12.1 Å². The van der Waals surface area contributed by atoms with Crippen molar-refractivity contribution < 1.29 is 23.1 Å². The summed E-state index contributed by atoms with van der Waals surface area (Å²) in [5.74, 6) is -1.32. The van der Waals surface area contributed by atoms with Crippen molar-refractivity contribution in [1.29, 1.82) is 0 Å². The number of dihydropyridines is 1. The molecule has 3 rings (SSSR count). The molecule has 1 aromatic carbocycles. The second-order valence-corrected chi connectivity index (χ2v) is 6.25. The van der Waals surface area contributed by atoms with Crippen molar-refractivity contribution in [1.82, 2.24) is 10.3 Å². The normalized spacial score (nSPS) is 14.6. The third-order valence-corrected chi connectivity index (χ3v) is 4.42. The van der Waals surface area contributed by atoms with Crippen molar-refractivity contribution >= 4 is 11.5 Å². The molecule has 27 heavy (non-hydrogen) atoms. The molecule has 0 saturated heterocycles. The van der Waals surface area contributed by atoms with Gasteiger partial charge in [0.15, 0.2) is 0 Å². The minimum Gasteiger partial charge on any atom is -0.478 e. The number of pyridine rings is 1. The SMILES string of the molecule is CC1=CCC(c2nccc(-c3ccccc3C(F)(F)F)c2C(=O)O)=C(C)N1. The van der Waals surface area contributed by atoms with E-state index in [4.69, 9.17) is 0 Å². The number of aromatic carboxylic acids is 1. The zero-order chi connectivity index (χ0) is 19.8. The molecule has 1 aliphatic rings. The molecule has 7 heteroatoms. The lowest BCUT2D eigenvalue weighted by Gasteiger charge is -2.21. The summed E-state index contributed by atoms with van der Waals surface area (Å²) in [5, 5.41) is 12.9. The van der Waals surface area contributed by atoms with Crippen LogP contribution in [0.4, 0.5) is 13.2 Å². The number of allylic oxidation sites excluding steroid dienone is 4. The third kappa shape index (κ3) is 3.58. The Morgan fingerprint density at radius 3 is 2.48 bits per heavy atom.